The highest BCUT2D eigenvalue weighted by Gasteiger charge is 2.31. The zero-order chi connectivity index (χ0) is 23.5. The fourth-order valence-corrected chi connectivity index (χ4v) is 4.30. The second-order valence-corrected chi connectivity index (χ2v) is 9.16. The van der Waals surface area contributed by atoms with Crippen LogP contribution in [-0.2, 0) is 4.74 Å². The van der Waals surface area contributed by atoms with E-state index in [2.05, 4.69) is 13.0 Å². The van der Waals surface area contributed by atoms with E-state index in [1.54, 1.807) is 12.1 Å². The average molecular weight is 440 g/mol. The molecule has 32 heavy (non-hydrogen) atoms. The third-order valence-electron chi connectivity index (χ3n) is 5.82. The molecule has 6 heteroatoms. The highest BCUT2D eigenvalue weighted by atomic mass is 16.6. The van der Waals surface area contributed by atoms with Crippen molar-refractivity contribution in [2.75, 3.05) is 6.54 Å². The van der Waals surface area contributed by atoms with Crippen LogP contribution in [0.5, 0.6) is 11.5 Å². The largest absolute Gasteiger partial charge is 0.478 e. The van der Waals surface area contributed by atoms with Crippen molar-refractivity contribution in [1.29, 1.82) is 0 Å². The van der Waals surface area contributed by atoms with Gasteiger partial charge in [0.05, 0.1) is 5.56 Å². The maximum atomic E-state index is 12.8. The molecule has 2 aromatic carbocycles. The first kappa shape index (κ1) is 23.6. The summed E-state index contributed by atoms with van der Waals surface area (Å²) >= 11 is 0. The minimum Gasteiger partial charge on any atom is -0.478 e. The molecular formula is C26H33NO5. The van der Waals surface area contributed by atoms with Crippen molar-refractivity contribution in [2.24, 2.45) is 0 Å². The Labute approximate surface area is 190 Å². The van der Waals surface area contributed by atoms with Gasteiger partial charge in [-0.25, -0.2) is 9.59 Å². The lowest BCUT2D eigenvalue weighted by Crippen LogP contribution is -2.43. The summed E-state index contributed by atoms with van der Waals surface area (Å²) < 4.78 is 11.7. The number of para-hydroxylation sites is 1. The summed E-state index contributed by atoms with van der Waals surface area (Å²) in [4.78, 5) is 26.0. The van der Waals surface area contributed by atoms with Crippen LogP contribution in [0, 0.1) is 0 Å². The van der Waals surface area contributed by atoms with Gasteiger partial charge in [-0.1, -0.05) is 31.2 Å². The fourth-order valence-electron chi connectivity index (χ4n) is 4.30. The Bertz CT molecular complexity index is 978. The smallest absolute Gasteiger partial charge is 0.410 e. The number of carboxylic acid groups (broad SMARTS) is 1. The molecule has 2 aromatic rings. The molecule has 2 unspecified atom stereocenters. The normalized spacial score (nSPS) is 15.7. The lowest BCUT2D eigenvalue weighted by Gasteiger charge is -2.34. The van der Waals surface area contributed by atoms with Gasteiger partial charge in [-0.15, -0.1) is 0 Å². The first-order valence-electron chi connectivity index (χ1n) is 11.3. The monoisotopic (exact) mass is 439 g/mol. The highest BCUT2D eigenvalue weighted by Crippen LogP contribution is 2.46. The van der Waals surface area contributed by atoms with Gasteiger partial charge in [-0.05, 0) is 65.2 Å². The van der Waals surface area contributed by atoms with E-state index in [1.165, 1.54) is 0 Å². The summed E-state index contributed by atoms with van der Waals surface area (Å²) in [6.07, 6.45) is 2.13. The molecule has 2 atom stereocenters. The number of amides is 1. The number of aromatic carboxylic acids is 1. The summed E-state index contributed by atoms with van der Waals surface area (Å²) in [6.45, 7) is 10.3. The number of rotatable bonds is 7. The molecule has 3 rings (SSSR count). The van der Waals surface area contributed by atoms with Gasteiger partial charge < -0.3 is 19.5 Å². The minimum absolute atomic E-state index is 0.0478. The Morgan fingerprint density at radius 2 is 1.78 bits per heavy atom. The van der Waals surface area contributed by atoms with Crippen molar-refractivity contribution < 1.29 is 24.2 Å². The van der Waals surface area contributed by atoms with Gasteiger partial charge in [0.25, 0.3) is 0 Å². The van der Waals surface area contributed by atoms with Crippen LogP contribution in [0.15, 0.2) is 42.5 Å². The Balaban J connectivity index is 1.86. The molecule has 0 fully saturated rings. The maximum absolute atomic E-state index is 12.8. The molecule has 0 aliphatic carbocycles. The van der Waals surface area contributed by atoms with E-state index in [-0.39, 0.29) is 23.6 Å². The number of fused-ring (bicyclic) bond motifs is 2. The van der Waals surface area contributed by atoms with Gasteiger partial charge in [0.2, 0.25) is 0 Å². The second kappa shape index (κ2) is 9.63. The van der Waals surface area contributed by atoms with Crippen molar-refractivity contribution in [2.45, 2.75) is 71.4 Å². The molecule has 0 bridgehead atoms. The van der Waals surface area contributed by atoms with Crippen LogP contribution < -0.4 is 4.74 Å². The standard InChI is InChI=1S/C26H33NO5/c1-6-18(27(7-2)25(30)32-26(3,4)5)13-15-19-20-10-8-9-11-22(20)31-23-16-17(24(28)29)12-14-21(19)23/h8-12,14,16,18-19H,6-7,13,15H2,1-5H3,(H,28,29). The van der Waals surface area contributed by atoms with E-state index in [1.807, 2.05) is 56.9 Å². The third-order valence-corrected chi connectivity index (χ3v) is 5.82. The zero-order valence-electron chi connectivity index (χ0n) is 19.6. The first-order chi connectivity index (χ1) is 15.1. The van der Waals surface area contributed by atoms with Gasteiger partial charge in [0.1, 0.15) is 17.1 Å². The van der Waals surface area contributed by atoms with E-state index in [0.717, 1.165) is 36.1 Å². The van der Waals surface area contributed by atoms with Crippen LogP contribution in [0.25, 0.3) is 0 Å². The first-order valence-corrected chi connectivity index (χ1v) is 11.3. The number of hydrogen-bond donors (Lipinski definition) is 1. The summed E-state index contributed by atoms with van der Waals surface area (Å²) in [5.74, 6) is 0.416. The number of carbonyl (C=O) groups is 2. The van der Waals surface area contributed by atoms with E-state index < -0.39 is 11.6 Å². The Morgan fingerprint density at radius 3 is 2.41 bits per heavy atom. The minimum atomic E-state index is -0.978. The Hall–Kier alpha value is -3.02. The topological polar surface area (TPSA) is 76.1 Å². The van der Waals surface area contributed by atoms with Crippen molar-refractivity contribution in [1.82, 2.24) is 4.90 Å². The number of carbonyl (C=O) groups excluding carboxylic acids is 1. The Morgan fingerprint density at radius 1 is 1.09 bits per heavy atom. The molecule has 6 nitrogen and oxygen atoms in total. The molecule has 1 aliphatic heterocycles. The van der Waals surface area contributed by atoms with Crippen LogP contribution in [0.3, 0.4) is 0 Å². The van der Waals surface area contributed by atoms with Gasteiger partial charge in [-0.2, -0.15) is 0 Å². The van der Waals surface area contributed by atoms with Crippen molar-refractivity contribution in [3.8, 4) is 11.5 Å². The van der Waals surface area contributed by atoms with Crippen LogP contribution in [-0.4, -0.2) is 40.3 Å². The quantitative estimate of drug-likeness (QED) is 0.537. The molecule has 0 aromatic heterocycles. The summed E-state index contributed by atoms with van der Waals surface area (Å²) in [5.41, 5.74) is 1.72. The van der Waals surface area contributed by atoms with Gasteiger partial charge >= 0.3 is 12.1 Å². The molecule has 1 heterocycles. The third kappa shape index (κ3) is 5.23. The van der Waals surface area contributed by atoms with Gasteiger partial charge in [-0.3, -0.25) is 0 Å². The van der Waals surface area contributed by atoms with Crippen molar-refractivity contribution in [3.05, 3.63) is 59.2 Å². The van der Waals surface area contributed by atoms with Crippen molar-refractivity contribution in [3.63, 3.8) is 0 Å². The molecule has 0 saturated heterocycles. The predicted octanol–water partition coefficient (Wildman–Crippen LogP) is 6.44. The van der Waals surface area contributed by atoms with Crippen LogP contribution >= 0.6 is 0 Å². The number of benzene rings is 2. The SMILES string of the molecule is CCC(CCC1c2ccccc2Oc2cc(C(=O)O)ccc21)N(CC)C(=O)OC(C)(C)C. The molecular weight excluding hydrogens is 406 g/mol. The number of nitrogens with zero attached hydrogens (tertiary/aromatic N) is 1. The van der Waals surface area contributed by atoms with Gasteiger partial charge in [0.15, 0.2) is 0 Å². The lowest BCUT2D eigenvalue weighted by atomic mass is 9.83. The molecule has 1 amide bonds. The van der Waals surface area contributed by atoms with Crippen LogP contribution in [0.2, 0.25) is 0 Å². The summed E-state index contributed by atoms with van der Waals surface area (Å²) in [5, 5.41) is 9.37. The summed E-state index contributed by atoms with van der Waals surface area (Å²) in [7, 11) is 0. The number of carboxylic acids is 1. The summed E-state index contributed by atoms with van der Waals surface area (Å²) in [6, 6.07) is 13.0. The second-order valence-electron chi connectivity index (χ2n) is 9.16. The van der Waals surface area contributed by atoms with Crippen LogP contribution in [0.4, 0.5) is 4.79 Å². The molecule has 0 spiro atoms. The molecule has 1 N–H and O–H groups in total. The number of ether oxygens (including phenoxy) is 2. The average Bonchev–Trinajstić information content (AvgIpc) is 2.73. The van der Waals surface area contributed by atoms with E-state index in [0.29, 0.717) is 12.3 Å². The molecule has 1 aliphatic rings. The van der Waals surface area contributed by atoms with Crippen molar-refractivity contribution >= 4 is 12.1 Å². The van der Waals surface area contributed by atoms with Gasteiger partial charge in [0, 0.05) is 29.6 Å². The van der Waals surface area contributed by atoms with Crippen LogP contribution in [0.1, 0.15) is 81.3 Å². The lowest BCUT2D eigenvalue weighted by molar-refractivity contribution is 0.0157. The predicted molar refractivity (Wildman–Crippen MR) is 124 cm³/mol. The maximum Gasteiger partial charge on any atom is 0.410 e. The Kier molecular flexibility index (Phi) is 7.12. The highest BCUT2D eigenvalue weighted by molar-refractivity contribution is 5.88. The van der Waals surface area contributed by atoms with E-state index >= 15 is 0 Å². The molecule has 0 saturated carbocycles. The molecule has 0 radical (unpaired) electrons. The molecule has 172 valence electrons. The zero-order valence-corrected chi connectivity index (χ0v) is 19.6. The van der Waals surface area contributed by atoms with E-state index in [4.69, 9.17) is 9.47 Å². The van der Waals surface area contributed by atoms with E-state index in [9.17, 15) is 14.7 Å². The fraction of sp³-hybridized carbons (Fsp3) is 0.462. The number of hydrogen-bond acceptors (Lipinski definition) is 4.